The maximum atomic E-state index is 12.8. The third-order valence-corrected chi connectivity index (χ3v) is 13.3. The van der Waals surface area contributed by atoms with E-state index in [0.717, 1.165) is 56.9 Å². The van der Waals surface area contributed by atoms with Crippen LogP contribution in [0.5, 0.6) is 0 Å². The quantitative estimate of drug-likeness (QED) is 0.0664. The summed E-state index contributed by atoms with van der Waals surface area (Å²) >= 11 is 0. The number of carboxylic acid groups (broad SMARTS) is 1. The van der Waals surface area contributed by atoms with Crippen molar-refractivity contribution in [2.24, 2.45) is 45.0 Å². The summed E-state index contributed by atoms with van der Waals surface area (Å²) in [6.45, 7) is 4.68. The second kappa shape index (κ2) is 16.1. The predicted octanol–water partition coefficient (Wildman–Crippen LogP) is 3.73. The van der Waals surface area contributed by atoms with E-state index in [0.29, 0.717) is 51.0 Å². The van der Waals surface area contributed by atoms with Crippen LogP contribution in [0.25, 0.3) is 0 Å². The first-order valence-electron chi connectivity index (χ1n) is 18.9. The Morgan fingerprint density at radius 3 is 2.47 bits per heavy atom. The molecule has 1 aromatic rings. The highest BCUT2D eigenvalue weighted by Crippen LogP contribution is 2.70. The van der Waals surface area contributed by atoms with Gasteiger partial charge in [-0.05, 0) is 118 Å². The number of aliphatic imine (C=N–C) groups is 1. The van der Waals surface area contributed by atoms with Crippen LogP contribution in [-0.4, -0.2) is 69.5 Å². The Balaban J connectivity index is 1.04. The van der Waals surface area contributed by atoms with Gasteiger partial charge in [-0.3, -0.25) is 14.6 Å². The number of aliphatic hydroxyl groups excluding tert-OH is 1. The molecule has 1 amide bonds. The molecule has 0 unspecified atom stereocenters. The number of ether oxygens (including phenoxy) is 1. The molecule has 0 aromatic carbocycles. The van der Waals surface area contributed by atoms with Gasteiger partial charge in [0, 0.05) is 30.9 Å². The van der Waals surface area contributed by atoms with Gasteiger partial charge in [0.1, 0.15) is 12.1 Å². The van der Waals surface area contributed by atoms with E-state index in [2.05, 4.69) is 24.2 Å². The van der Waals surface area contributed by atoms with Crippen molar-refractivity contribution >= 4 is 23.8 Å². The molecule has 4 aliphatic carbocycles. The molecule has 0 radical (unpaired) electrons. The fraction of sp³-hybridized carbons (Fsp3) is 0.763. The summed E-state index contributed by atoms with van der Waals surface area (Å²) in [5.41, 5.74) is 9.45. The maximum absolute atomic E-state index is 12.8. The van der Waals surface area contributed by atoms with E-state index in [1.807, 2.05) is 0 Å². The standard InChI is InChI=1S/C38H58N4O9/c1-36-17-15-25(51-32(46)10-6-4-3-5-9-30(44)42-28(34(47)48)8-7-19-41-35(39)40)20-24(36)12-13-27-33(36)29(43)21-37(2)26(16-18-38(27,37)49)23-11-14-31(45)50-22-23/h11,14,22,24-29,33,43,49H,3-10,12-13,15-21H2,1-2H3,(H,42,44)(H,47,48)(H4,39,40,41)/t24-,25+,26-,27-,28+,29-,33-,36+,37-,38+/m1/s1. The number of aliphatic carboxylic acids is 1. The van der Waals surface area contributed by atoms with Gasteiger partial charge in [0.2, 0.25) is 5.91 Å². The molecular formula is C38H58N4O9. The molecule has 5 rings (SSSR count). The molecule has 0 saturated heterocycles. The highest BCUT2D eigenvalue weighted by Gasteiger charge is 2.69. The number of unbranched alkanes of at least 4 members (excludes halogenated alkanes) is 3. The van der Waals surface area contributed by atoms with Crippen molar-refractivity contribution in [2.45, 2.75) is 146 Å². The van der Waals surface area contributed by atoms with E-state index in [-0.39, 0.29) is 60.0 Å². The van der Waals surface area contributed by atoms with E-state index < -0.39 is 34.8 Å². The molecule has 4 saturated carbocycles. The number of rotatable bonds is 15. The Bertz CT molecular complexity index is 1480. The number of carboxylic acids is 1. The molecular weight excluding hydrogens is 656 g/mol. The molecule has 51 heavy (non-hydrogen) atoms. The molecule has 4 fully saturated rings. The Kier molecular flexibility index (Phi) is 12.2. The van der Waals surface area contributed by atoms with Crippen LogP contribution >= 0.6 is 0 Å². The number of nitrogens with two attached hydrogens (primary N) is 2. The molecule has 13 heteroatoms. The Hall–Kier alpha value is -3.45. The smallest absolute Gasteiger partial charge is 0.335 e. The van der Waals surface area contributed by atoms with Gasteiger partial charge in [-0.2, -0.15) is 0 Å². The second-order valence-electron chi connectivity index (χ2n) is 16.2. The van der Waals surface area contributed by atoms with Crippen molar-refractivity contribution in [1.29, 1.82) is 0 Å². The number of nitrogens with zero attached hydrogens (tertiary/aromatic N) is 1. The molecule has 4 aliphatic rings. The number of hydrogen-bond acceptors (Lipinski definition) is 9. The number of nitrogens with one attached hydrogen (secondary N) is 1. The number of aliphatic hydroxyl groups is 2. The van der Waals surface area contributed by atoms with E-state index >= 15 is 0 Å². The Morgan fingerprint density at radius 2 is 1.78 bits per heavy atom. The first kappa shape index (κ1) is 38.8. The number of carbonyl (C=O) groups excluding carboxylic acids is 2. The first-order chi connectivity index (χ1) is 24.2. The molecule has 13 nitrogen and oxygen atoms in total. The zero-order chi connectivity index (χ0) is 37.0. The molecule has 8 N–H and O–H groups in total. The van der Waals surface area contributed by atoms with E-state index in [1.54, 1.807) is 6.07 Å². The first-order valence-corrected chi connectivity index (χ1v) is 18.9. The van der Waals surface area contributed by atoms with Crippen LogP contribution in [0, 0.1) is 28.6 Å². The Morgan fingerprint density at radius 1 is 1.04 bits per heavy atom. The van der Waals surface area contributed by atoms with Crippen LogP contribution < -0.4 is 22.4 Å². The number of guanidine groups is 1. The molecule has 0 spiro atoms. The largest absolute Gasteiger partial charge is 0.480 e. The van der Waals surface area contributed by atoms with Gasteiger partial charge >= 0.3 is 17.6 Å². The molecule has 1 heterocycles. The van der Waals surface area contributed by atoms with E-state index in [1.165, 1.54) is 12.3 Å². The van der Waals surface area contributed by atoms with Crippen molar-refractivity contribution in [1.82, 2.24) is 5.32 Å². The number of hydrogen-bond donors (Lipinski definition) is 6. The van der Waals surface area contributed by atoms with Crippen LogP contribution in [-0.2, 0) is 19.1 Å². The number of esters is 1. The molecule has 0 bridgehead atoms. The van der Waals surface area contributed by atoms with Crippen molar-refractivity contribution in [3.05, 3.63) is 34.4 Å². The van der Waals surface area contributed by atoms with Gasteiger partial charge in [-0.1, -0.05) is 26.7 Å². The monoisotopic (exact) mass is 714 g/mol. The fourth-order valence-corrected chi connectivity index (χ4v) is 10.7. The normalized spacial score (nSPS) is 34.7. The summed E-state index contributed by atoms with van der Waals surface area (Å²) in [5, 5.41) is 36.3. The van der Waals surface area contributed by atoms with Crippen LogP contribution in [0.2, 0.25) is 0 Å². The maximum Gasteiger partial charge on any atom is 0.335 e. The zero-order valence-corrected chi connectivity index (χ0v) is 30.2. The average molecular weight is 715 g/mol. The SMILES string of the molecule is C[C@]12CC[C@H](OC(=O)CCCCCCC(=O)N[C@@H](CCCN=C(N)N)C(=O)O)C[C@H]1CC[C@@H]1[C@@H]2[C@H](O)C[C@]2(C)[C@@H](c3ccc(=O)oc3)CC[C@]12O. The minimum Gasteiger partial charge on any atom is -0.480 e. The lowest BCUT2D eigenvalue weighted by Gasteiger charge is -2.65. The van der Waals surface area contributed by atoms with Crippen molar-refractivity contribution in [3.8, 4) is 0 Å². The summed E-state index contributed by atoms with van der Waals surface area (Å²) in [4.78, 5) is 52.0. The van der Waals surface area contributed by atoms with Gasteiger partial charge in [-0.25, -0.2) is 9.59 Å². The van der Waals surface area contributed by atoms with E-state index in [4.69, 9.17) is 20.6 Å². The number of carbonyl (C=O) groups is 3. The van der Waals surface area contributed by atoms with Crippen molar-refractivity contribution in [3.63, 3.8) is 0 Å². The molecule has 10 atom stereocenters. The van der Waals surface area contributed by atoms with E-state index in [9.17, 15) is 34.5 Å². The lowest BCUT2D eigenvalue weighted by molar-refractivity contribution is -0.240. The van der Waals surface area contributed by atoms with Gasteiger partial charge in [0.15, 0.2) is 5.96 Å². The highest BCUT2D eigenvalue weighted by atomic mass is 16.5. The van der Waals surface area contributed by atoms with Crippen molar-refractivity contribution < 1.29 is 38.9 Å². The summed E-state index contributed by atoms with van der Waals surface area (Å²) < 4.78 is 11.2. The minimum atomic E-state index is -1.10. The predicted molar refractivity (Wildman–Crippen MR) is 189 cm³/mol. The Labute approximate surface area is 300 Å². The number of amides is 1. The topological polar surface area (TPSA) is 228 Å². The molecule has 0 aliphatic heterocycles. The lowest BCUT2D eigenvalue weighted by atomic mass is 9.42. The van der Waals surface area contributed by atoms with Crippen LogP contribution in [0.15, 0.2) is 32.6 Å². The second-order valence-corrected chi connectivity index (χ2v) is 16.2. The third-order valence-electron chi connectivity index (χ3n) is 13.3. The summed E-state index contributed by atoms with van der Waals surface area (Å²) in [5.74, 6) is -1.46. The summed E-state index contributed by atoms with van der Waals surface area (Å²) in [7, 11) is 0. The van der Waals surface area contributed by atoms with Gasteiger partial charge < -0.3 is 41.3 Å². The molecule has 1 aromatic heterocycles. The van der Waals surface area contributed by atoms with Gasteiger partial charge in [0.25, 0.3) is 0 Å². The fourth-order valence-electron chi connectivity index (χ4n) is 10.7. The average Bonchev–Trinajstić information content (AvgIpc) is 3.34. The van der Waals surface area contributed by atoms with Crippen LogP contribution in [0.3, 0.4) is 0 Å². The van der Waals surface area contributed by atoms with Crippen LogP contribution in [0.1, 0.15) is 128 Å². The zero-order valence-electron chi connectivity index (χ0n) is 30.2. The molecule has 284 valence electrons. The highest BCUT2D eigenvalue weighted by molar-refractivity contribution is 5.83. The van der Waals surface area contributed by atoms with Gasteiger partial charge in [-0.15, -0.1) is 0 Å². The third kappa shape index (κ3) is 8.29. The van der Waals surface area contributed by atoms with Gasteiger partial charge in [0.05, 0.1) is 18.0 Å². The lowest BCUT2D eigenvalue weighted by Crippen LogP contribution is -2.66. The summed E-state index contributed by atoms with van der Waals surface area (Å²) in [6.07, 6.45) is 10.7. The summed E-state index contributed by atoms with van der Waals surface area (Å²) in [6, 6.07) is 2.25. The number of fused-ring (bicyclic) bond motifs is 5. The van der Waals surface area contributed by atoms with Crippen LogP contribution in [0.4, 0.5) is 0 Å². The van der Waals surface area contributed by atoms with Crippen molar-refractivity contribution in [2.75, 3.05) is 6.54 Å². The minimum absolute atomic E-state index is 0.00134.